The molecule has 9 nitrogen and oxygen atoms in total. The van der Waals surface area contributed by atoms with E-state index in [0.717, 1.165) is 10.6 Å². The molecule has 32 heavy (non-hydrogen) atoms. The van der Waals surface area contributed by atoms with Crippen molar-refractivity contribution in [2.75, 3.05) is 11.9 Å². The minimum atomic E-state index is -1.02. The molecule has 1 amide bonds. The van der Waals surface area contributed by atoms with Crippen molar-refractivity contribution in [2.45, 2.75) is 39.3 Å². The molecular formula is C22H24N4O5S. The predicted molar refractivity (Wildman–Crippen MR) is 122 cm³/mol. The van der Waals surface area contributed by atoms with Gasteiger partial charge in [-0.1, -0.05) is 6.07 Å². The minimum Gasteiger partial charge on any atom is -0.481 e. The van der Waals surface area contributed by atoms with Crippen LogP contribution in [0.5, 0.6) is 0 Å². The monoisotopic (exact) mass is 456 g/mol. The Balaban J connectivity index is 1.70. The highest BCUT2D eigenvalue weighted by atomic mass is 32.1. The van der Waals surface area contributed by atoms with E-state index in [2.05, 4.69) is 15.3 Å². The minimum absolute atomic E-state index is 0.0457. The molecule has 0 unspecified atom stereocenters. The molecule has 0 saturated carbocycles. The molecule has 0 radical (unpaired) electrons. The SMILES string of the molecule is CC(=O)[C@H](CCC(=O)O)NC(=O)c1ccc(N(C)Cc2ccc3nc(C)[nH]c(=O)c3c2)s1. The van der Waals surface area contributed by atoms with E-state index in [-0.39, 0.29) is 24.2 Å². The molecule has 1 atom stereocenters. The highest BCUT2D eigenvalue weighted by molar-refractivity contribution is 7.18. The molecule has 3 aromatic rings. The Morgan fingerprint density at radius 3 is 2.69 bits per heavy atom. The van der Waals surface area contributed by atoms with Gasteiger partial charge in [0.05, 0.1) is 26.8 Å². The molecular weight excluding hydrogens is 432 g/mol. The Bertz CT molecular complexity index is 1230. The molecule has 2 aromatic heterocycles. The average Bonchev–Trinajstić information content (AvgIpc) is 3.21. The molecule has 0 aliphatic heterocycles. The van der Waals surface area contributed by atoms with Gasteiger partial charge in [-0.3, -0.25) is 19.2 Å². The normalized spacial score (nSPS) is 11.8. The number of H-pyrrole nitrogens is 1. The number of carbonyl (C=O) groups is 3. The van der Waals surface area contributed by atoms with Crippen molar-refractivity contribution in [1.82, 2.24) is 15.3 Å². The van der Waals surface area contributed by atoms with E-state index >= 15 is 0 Å². The fourth-order valence-corrected chi connectivity index (χ4v) is 4.15. The van der Waals surface area contributed by atoms with Gasteiger partial charge in [0.15, 0.2) is 5.78 Å². The van der Waals surface area contributed by atoms with E-state index in [1.807, 2.05) is 24.1 Å². The van der Waals surface area contributed by atoms with E-state index in [0.29, 0.717) is 28.1 Å². The molecule has 0 bridgehead atoms. The van der Waals surface area contributed by atoms with Crippen LogP contribution in [0.4, 0.5) is 5.00 Å². The first kappa shape index (κ1) is 23.1. The van der Waals surface area contributed by atoms with Crippen molar-refractivity contribution in [3.8, 4) is 0 Å². The number of rotatable bonds is 9. The molecule has 3 rings (SSSR count). The topological polar surface area (TPSA) is 132 Å². The summed E-state index contributed by atoms with van der Waals surface area (Å²) in [4.78, 5) is 56.6. The number of aromatic nitrogens is 2. The van der Waals surface area contributed by atoms with Crippen molar-refractivity contribution in [3.63, 3.8) is 0 Å². The summed E-state index contributed by atoms with van der Waals surface area (Å²) in [5.74, 6) is -1.16. The van der Waals surface area contributed by atoms with Crippen LogP contribution in [0.2, 0.25) is 0 Å². The number of carbonyl (C=O) groups excluding carboxylic acids is 2. The van der Waals surface area contributed by atoms with Crippen LogP contribution in [0, 0.1) is 6.92 Å². The lowest BCUT2D eigenvalue weighted by Crippen LogP contribution is -2.39. The van der Waals surface area contributed by atoms with Crippen molar-refractivity contribution in [3.05, 3.63) is 57.0 Å². The van der Waals surface area contributed by atoms with E-state index in [1.54, 1.807) is 25.1 Å². The lowest BCUT2D eigenvalue weighted by atomic mass is 10.1. The second-order valence-corrected chi connectivity index (χ2v) is 8.63. The van der Waals surface area contributed by atoms with E-state index in [1.165, 1.54) is 18.3 Å². The number of nitrogens with one attached hydrogen (secondary N) is 2. The number of benzene rings is 1. The Hall–Kier alpha value is -3.53. The molecule has 3 N–H and O–H groups in total. The number of thiophene rings is 1. The Morgan fingerprint density at radius 2 is 2.00 bits per heavy atom. The predicted octanol–water partition coefficient (Wildman–Crippen LogP) is 2.48. The van der Waals surface area contributed by atoms with Gasteiger partial charge in [0.25, 0.3) is 11.5 Å². The molecule has 168 valence electrons. The van der Waals surface area contributed by atoms with Crippen LogP contribution in [0.15, 0.2) is 35.1 Å². The van der Waals surface area contributed by atoms with Crippen LogP contribution in [0.3, 0.4) is 0 Å². The highest BCUT2D eigenvalue weighted by Crippen LogP contribution is 2.27. The van der Waals surface area contributed by atoms with Crippen molar-refractivity contribution >= 4 is 44.9 Å². The maximum absolute atomic E-state index is 12.5. The number of ketones is 1. The number of nitrogens with zero attached hydrogens (tertiary/aromatic N) is 2. The van der Waals surface area contributed by atoms with Gasteiger partial charge in [-0.05, 0) is 50.1 Å². The number of carboxylic acid groups (broad SMARTS) is 1. The second-order valence-electron chi connectivity index (χ2n) is 7.57. The van der Waals surface area contributed by atoms with Gasteiger partial charge >= 0.3 is 5.97 Å². The zero-order chi connectivity index (χ0) is 23.4. The molecule has 0 saturated heterocycles. The number of hydrogen-bond acceptors (Lipinski definition) is 7. The fraction of sp³-hybridized carbons (Fsp3) is 0.318. The van der Waals surface area contributed by atoms with Crippen LogP contribution < -0.4 is 15.8 Å². The van der Waals surface area contributed by atoms with Gasteiger partial charge in [-0.2, -0.15) is 0 Å². The van der Waals surface area contributed by atoms with E-state index in [4.69, 9.17) is 5.11 Å². The molecule has 0 fully saturated rings. The lowest BCUT2D eigenvalue weighted by molar-refractivity contribution is -0.137. The summed E-state index contributed by atoms with van der Waals surface area (Å²) < 4.78 is 0. The number of hydrogen-bond donors (Lipinski definition) is 3. The van der Waals surface area contributed by atoms with Gasteiger partial charge < -0.3 is 20.3 Å². The number of amides is 1. The number of aliphatic carboxylic acids is 1. The number of aromatic amines is 1. The molecule has 10 heteroatoms. The second kappa shape index (κ2) is 9.73. The van der Waals surface area contributed by atoms with Crippen LogP contribution in [-0.4, -0.2) is 45.8 Å². The first-order valence-corrected chi connectivity index (χ1v) is 10.8. The van der Waals surface area contributed by atoms with Gasteiger partial charge in [-0.15, -0.1) is 11.3 Å². The highest BCUT2D eigenvalue weighted by Gasteiger charge is 2.20. The van der Waals surface area contributed by atoms with Crippen LogP contribution >= 0.6 is 11.3 Å². The third-order valence-electron chi connectivity index (χ3n) is 4.94. The fourth-order valence-electron chi connectivity index (χ4n) is 3.28. The van der Waals surface area contributed by atoms with Gasteiger partial charge in [0.1, 0.15) is 5.82 Å². The first-order valence-electron chi connectivity index (χ1n) is 9.97. The summed E-state index contributed by atoms with van der Waals surface area (Å²) in [6, 6.07) is 8.16. The largest absolute Gasteiger partial charge is 0.481 e. The van der Waals surface area contributed by atoms with Crippen LogP contribution in [0.25, 0.3) is 10.9 Å². The maximum atomic E-state index is 12.5. The number of anilines is 1. The molecule has 0 aliphatic carbocycles. The summed E-state index contributed by atoms with van der Waals surface area (Å²) in [5, 5.41) is 12.8. The van der Waals surface area contributed by atoms with E-state index < -0.39 is 17.9 Å². The van der Waals surface area contributed by atoms with Crippen molar-refractivity contribution < 1.29 is 19.5 Å². The summed E-state index contributed by atoms with van der Waals surface area (Å²) in [6.07, 6.45) is -0.156. The smallest absolute Gasteiger partial charge is 0.303 e. The standard InChI is InChI=1S/C22H24N4O5S/c1-12(27)16(6-9-20(28)29)25-22(31)18-7-8-19(32-18)26(3)11-14-4-5-17-15(10-14)21(30)24-13(2)23-17/h4-5,7-8,10,16H,6,9,11H2,1-3H3,(H,25,31)(H,28,29)(H,23,24,30)/t16-/m0/s1. The summed E-state index contributed by atoms with van der Waals surface area (Å²) in [6.45, 7) is 3.57. The Morgan fingerprint density at radius 1 is 1.25 bits per heavy atom. The zero-order valence-electron chi connectivity index (χ0n) is 18.0. The summed E-state index contributed by atoms with van der Waals surface area (Å²) in [5.41, 5.74) is 1.37. The third-order valence-corrected chi connectivity index (χ3v) is 6.14. The van der Waals surface area contributed by atoms with Gasteiger partial charge in [0, 0.05) is 20.0 Å². The third kappa shape index (κ3) is 5.58. The van der Waals surface area contributed by atoms with Gasteiger partial charge in [0.2, 0.25) is 0 Å². The maximum Gasteiger partial charge on any atom is 0.303 e. The van der Waals surface area contributed by atoms with Crippen molar-refractivity contribution in [1.29, 1.82) is 0 Å². The number of fused-ring (bicyclic) bond motifs is 1. The van der Waals surface area contributed by atoms with Crippen molar-refractivity contribution in [2.24, 2.45) is 0 Å². The number of Topliss-reactive ketones (excluding diaryl/α,β-unsaturated/α-hetero) is 1. The van der Waals surface area contributed by atoms with E-state index in [9.17, 15) is 19.2 Å². The molecule has 0 spiro atoms. The number of aryl methyl sites for hydroxylation is 1. The molecule has 2 heterocycles. The Kier molecular flexibility index (Phi) is 7.04. The molecule has 1 aromatic carbocycles. The van der Waals surface area contributed by atoms with Gasteiger partial charge in [-0.25, -0.2) is 4.98 Å². The summed E-state index contributed by atoms with van der Waals surface area (Å²) in [7, 11) is 1.88. The zero-order valence-corrected chi connectivity index (χ0v) is 18.8. The summed E-state index contributed by atoms with van der Waals surface area (Å²) >= 11 is 1.26. The number of carboxylic acids is 1. The van der Waals surface area contributed by atoms with Crippen LogP contribution in [-0.2, 0) is 16.1 Å². The average molecular weight is 457 g/mol. The molecule has 0 aliphatic rings. The Labute approximate surface area is 188 Å². The lowest BCUT2D eigenvalue weighted by Gasteiger charge is -2.17. The van der Waals surface area contributed by atoms with Crippen LogP contribution in [0.1, 0.15) is 40.8 Å². The quantitative estimate of drug-likeness (QED) is 0.450. The first-order chi connectivity index (χ1) is 15.1.